The maximum absolute atomic E-state index is 12.9. The molecule has 1 amide bonds. The van der Waals surface area contributed by atoms with E-state index in [1.807, 2.05) is 67.3 Å². The molecule has 1 fully saturated rings. The number of ether oxygens (including phenoxy) is 1. The lowest BCUT2D eigenvalue weighted by Crippen LogP contribution is -2.48. The van der Waals surface area contributed by atoms with Crippen molar-refractivity contribution in [1.29, 1.82) is 0 Å². The predicted molar refractivity (Wildman–Crippen MR) is 136 cm³/mol. The van der Waals surface area contributed by atoms with Crippen LogP contribution in [0.3, 0.4) is 0 Å². The molecule has 1 aliphatic rings. The number of aromatic nitrogens is 3. The summed E-state index contributed by atoms with van der Waals surface area (Å²) in [5, 5.41) is 5.28. The van der Waals surface area contributed by atoms with Crippen LogP contribution >= 0.6 is 11.3 Å². The molecule has 2 aromatic carbocycles. The molecule has 3 heterocycles. The molecule has 0 radical (unpaired) electrons. The van der Waals surface area contributed by atoms with Gasteiger partial charge in [0.25, 0.3) is 11.5 Å². The summed E-state index contributed by atoms with van der Waals surface area (Å²) in [6, 6.07) is 16.8. The van der Waals surface area contributed by atoms with E-state index in [1.54, 1.807) is 6.07 Å². The second-order valence-electron chi connectivity index (χ2n) is 8.53. The number of hydrogen-bond acceptors (Lipinski definition) is 7. The number of hydrogen-bond donors (Lipinski definition) is 0. The zero-order valence-electron chi connectivity index (χ0n) is 19.8. The van der Waals surface area contributed by atoms with Crippen LogP contribution in [0.25, 0.3) is 15.5 Å². The smallest absolute Gasteiger partial charge is 0.275 e. The molecule has 1 aliphatic heterocycles. The van der Waals surface area contributed by atoms with E-state index >= 15 is 0 Å². The number of carbonyl (C=O) groups excluding carboxylic acids is 1. The van der Waals surface area contributed by atoms with Gasteiger partial charge in [0.1, 0.15) is 10.8 Å². The van der Waals surface area contributed by atoms with Crippen LogP contribution in [-0.2, 0) is 6.54 Å². The Morgan fingerprint density at radius 1 is 1.06 bits per heavy atom. The zero-order valence-corrected chi connectivity index (χ0v) is 20.6. The first-order chi connectivity index (χ1) is 17.0. The Morgan fingerprint density at radius 3 is 2.51 bits per heavy atom. The van der Waals surface area contributed by atoms with Crippen molar-refractivity contribution in [2.24, 2.45) is 0 Å². The van der Waals surface area contributed by atoms with E-state index in [-0.39, 0.29) is 11.5 Å². The normalized spacial score (nSPS) is 14.4. The van der Waals surface area contributed by atoms with Gasteiger partial charge in [-0.1, -0.05) is 35.6 Å². The van der Waals surface area contributed by atoms with Gasteiger partial charge in [0, 0.05) is 49.9 Å². The van der Waals surface area contributed by atoms with E-state index < -0.39 is 0 Å². The molecule has 0 saturated carbocycles. The standard InChI is InChI=1S/C26H27N5O3S/c1-3-34-21-10-8-19(9-11-21)25(33)30-14-12-29(13-15-30)17-20-16-23(32)31-26(27-20)35-24(28-31)22-7-5-4-6-18(22)2/h4-11,16H,3,12-15,17H2,1-2H3. The first-order valence-corrected chi connectivity index (χ1v) is 12.5. The molecule has 35 heavy (non-hydrogen) atoms. The molecule has 0 unspecified atom stereocenters. The number of rotatable bonds is 6. The quantitative estimate of drug-likeness (QED) is 0.413. The number of nitrogens with zero attached hydrogens (tertiary/aromatic N) is 5. The largest absolute Gasteiger partial charge is 0.494 e. The highest BCUT2D eigenvalue weighted by atomic mass is 32.1. The maximum Gasteiger partial charge on any atom is 0.275 e. The topological polar surface area (TPSA) is 80.0 Å². The maximum atomic E-state index is 12.9. The molecule has 4 aromatic rings. The summed E-state index contributed by atoms with van der Waals surface area (Å²) in [6.07, 6.45) is 0. The minimum Gasteiger partial charge on any atom is -0.494 e. The average Bonchev–Trinajstić information content (AvgIpc) is 3.30. The van der Waals surface area contributed by atoms with E-state index in [0.29, 0.717) is 36.8 Å². The molecule has 2 aromatic heterocycles. The van der Waals surface area contributed by atoms with Crippen molar-refractivity contribution in [2.45, 2.75) is 20.4 Å². The van der Waals surface area contributed by atoms with Crippen LogP contribution in [0.5, 0.6) is 5.75 Å². The fraction of sp³-hybridized carbons (Fsp3) is 0.308. The van der Waals surface area contributed by atoms with Crippen LogP contribution in [0.15, 0.2) is 59.4 Å². The molecule has 180 valence electrons. The van der Waals surface area contributed by atoms with Crippen molar-refractivity contribution in [3.8, 4) is 16.3 Å². The molecule has 0 aliphatic carbocycles. The van der Waals surface area contributed by atoms with Gasteiger partial charge in [-0.25, -0.2) is 4.98 Å². The molecule has 5 rings (SSSR count). The predicted octanol–water partition coefficient (Wildman–Crippen LogP) is 3.48. The van der Waals surface area contributed by atoms with Gasteiger partial charge in [0.05, 0.1) is 12.3 Å². The van der Waals surface area contributed by atoms with Gasteiger partial charge in [0.2, 0.25) is 4.96 Å². The summed E-state index contributed by atoms with van der Waals surface area (Å²) in [7, 11) is 0. The molecule has 0 spiro atoms. The third kappa shape index (κ3) is 4.96. The van der Waals surface area contributed by atoms with Crippen molar-refractivity contribution in [3.63, 3.8) is 0 Å². The van der Waals surface area contributed by atoms with E-state index in [4.69, 9.17) is 9.72 Å². The van der Waals surface area contributed by atoms with Gasteiger partial charge in [-0.05, 0) is 43.7 Å². The summed E-state index contributed by atoms with van der Waals surface area (Å²) in [5.74, 6) is 0.792. The van der Waals surface area contributed by atoms with Crippen molar-refractivity contribution in [1.82, 2.24) is 24.4 Å². The lowest BCUT2D eigenvalue weighted by molar-refractivity contribution is 0.0627. The summed E-state index contributed by atoms with van der Waals surface area (Å²) in [5.41, 5.74) is 3.33. The first-order valence-electron chi connectivity index (χ1n) is 11.7. The molecule has 0 atom stereocenters. The first kappa shape index (κ1) is 23.2. The monoisotopic (exact) mass is 489 g/mol. The van der Waals surface area contributed by atoms with Crippen molar-refractivity contribution >= 4 is 22.2 Å². The van der Waals surface area contributed by atoms with Crippen molar-refractivity contribution in [3.05, 3.63) is 81.8 Å². The fourth-order valence-electron chi connectivity index (χ4n) is 4.24. The van der Waals surface area contributed by atoms with Gasteiger partial charge >= 0.3 is 0 Å². The van der Waals surface area contributed by atoms with E-state index in [0.717, 1.165) is 40.7 Å². The highest BCUT2D eigenvalue weighted by Crippen LogP contribution is 2.27. The number of benzene rings is 2. The third-order valence-electron chi connectivity index (χ3n) is 6.13. The minimum absolute atomic E-state index is 0.0267. The molecule has 1 saturated heterocycles. The van der Waals surface area contributed by atoms with Crippen LogP contribution in [-0.4, -0.2) is 63.1 Å². The van der Waals surface area contributed by atoms with Gasteiger partial charge in [0.15, 0.2) is 0 Å². The molecule has 0 N–H and O–H groups in total. The Kier molecular flexibility index (Phi) is 6.61. The summed E-state index contributed by atoms with van der Waals surface area (Å²) < 4.78 is 6.83. The van der Waals surface area contributed by atoms with Crippen LogP contribution in [0.2, 0.25) is 0 Å². The number of fused-ring (bicyclic) bond motifs is 1. The van der Waals surface area contributed by atoms with Crippen molar-refractivity contribution in [2.75, 3.05) is 32.8 Å². The Balaban J connectivity index is 1.24. The van der Waals surface area contributed by atoms with Gasteiger partial charge in [-0.3, -0.25) is 14.5 Å². The number of piperazine rings is 1. The molecule has 9 heteroatoms. The number of amides is 1. The third-order valence-corrected chi connectivity index (χ3v) is 7.07. The Hall–Kier alpha value is -3.56. The molecule has 0 bridgehead atoms. The Labute approximate surface area is 207 Å². The van der Waals surface area contributed by atoms with Gasteiger partial charge < -0.3 is 9.64 Å². The highest BCUT2D eigenvalue weighted by Gasteiger charge is 2.23. The molecular weight excluding hydrogens is 462 g/mol. The lowest BCUT2D eigenvalue weighted by atomic mass is 10.1. The highest BCUT2D eigenvalue weighted by molar-refractivity contribution is 7.19. The van der Waals surface area contributed by atoms with Crippen LogP contribution in [0.4, 0.5) is 0 Å². The fourth-order valence-corrected chi connectivity index (χ4v) is 5.25. The summed E-state index contributed by atoms with van der Waals surface area (Å²) in [4.78, 5) is 35.0. The van der Waals surface area contributed by atoms with Crippen molar-refractivity contribution < 1.29 is 9.53 Å². The Morgan fingerprint density at radius 2 is 1.80 bits per heavy atom. The Bertz CT molecular complexity index is 1400. The minimum atomic E-state index is -0.176. The van der Waals surface area contributed by atoms with Crippen LogP contribution < -0.4 is 10.3 Å². The summed E-state index contributed by atoms with van der Waals surface area (Å²) in [6.45, 7) is 7.83. The van der Waals surface area contributed by atoms with Crippen LogP contribution in [0, 0.1) is 6.92 Å². The lowest BCUT2D eigenvalue weighted by Gasteiger charge is -2.34. The molecular formula is C26H27N5O3S. The average molecular weight is 490 g/mol. The van der Waals surface area contributed by atoms with E-state index in [2.05, 4.69) is 10.00 Å². The summed E-state index contributed by atoms with van der Waals surface area (Å²) >= 11 is 1.42. The van der Waals surface area contributed by atoms with E-state index in [9.17, 15) is 9.59 Å². The van der Waals surface area contributed by atoms with Gasteiger partial charge in [-0.15, -0.1) is 0 Å². The van der Waals surface area contributed by atoms with Crippen LogP contribution in [0.1, 0.15) is 28.5 Å². The SMILES string of the molecule is CCOc1ccc(C(=O)N2CCN(Cc3cc(=O)n4nc(-c5ccccc5C)sc4n3)CC2)cc1. The zero-order chi connectivity index (χ0) is 24.4. The second kappa shape index (κ2) is 9.97. The number of aryl methyl sites for hydroxylation is 1. The van der Waals surface area contributed by atoms with E-state index in [1.165, 1.54) is 15.9 Å². The number of carbonyl (C=O) groups is 1. The second-order valence-corrected chi connectivity index (χ2v) is 9.48. The van der Waals surface area contributed by atoms with Gasteiger partial charge in [-0.2, -0.15) is 9.61 Å². The molecule has 8 nitrogen and oxygen atoms in total.